The summed E-state index contributed by atoms with van der Waals surface area (Å²) in [5.74, 6) is 0.115. The Hall–Kier alpha value is -1.91. The molecule has 3 rings (SSSR count). The Morgan fingerprint density at radius 1 is 1.08 bits per heavy atom. The highest BCUT2D eigenvalue weighted by atomic mass is 35.5. The molecule has 25 heavy (non-hydrogen) atoms. The molecule has 6 heteroatoms. The summed E-state index contributed by atoms with van der Waals surface area (Å²) in [4.78, 5) is 15.0. The fourth-order valence-electron chi connectivity index (χ4n) is 3.07. The van der Waals surface area contributed by atoms with Gasteiger partial charge >= 0.3 is 0 Å². The fourth-order valence-corrected chi connectivity index (χ4v) is 3.71. The second-order valence-corrected chi connectivity index (χ2v) is 6.81. The van der Waals surface area contributed by atoms with E-state index in [-0.39, 0.29) is 5.91 Å². The molecule has 0 bridgehead atoms. The van der Waals surface area contributed by atoms with E-state index in [9.17, 15) is 4.79 Å². The number of para-hydroxylation sites is 2. The lowest BCUT2D eigenvalue weighted by molar-refractivity contribution is 0.102. The summed E-state index contributed by atoms with van der Waals surface area (Å²) >= 11 is 12.3. The predicted molar refractivity (Wildman–Crippen MR) is 103 cm³/mol. The maximum Gasteiger partial charge on any atom is 0.255 e. The van der Waals surface area contributed by atoms with Crippen molar-refractivity contribution in [1.29, 1.82) is 0 Å². The molecule has 0 unspecified atom stereocenters. The zero-order valence-corrected chi connectivity index (χ0v) is 15.5. The number of hydrogen-bond acceptors (Lipinski definition) is 3. The van der Waals surface area contributed by atoms with Gasteiger partial charge in [-0.1, -0.05) is 35.3 Å². The van der Waals surface area contributed by atoms with E-state index >= 15 is 0 Å². The second-order valence-electron chi connectivity index (χ2n) is 5.99. The number of halogens is 2. The van der Waals surface area contributed by atoms with Crippen molar-refractivity contribution in [3.63, 3.8) is 0 Å². The Labute approximate surface area is 157 Å². The van der Waals surface area contributed by atoms with Crippen molar-refractivity contribution in [2.45, 2.75) is 19.3 Å². The predicted octanol–water partition coefficient (Wildman–Crippen LogP) is 5.24. The second kappa shape index (κ2) is 7.98. The van der Waals surface area contributed by atoms with Gasteiger partial charge in [-0.2, -0.15) is 0 Å². The highest BCUT2D eigenvalue weighted by molar-refractivity contribution is 6.37. The van der Waals surface area contributed by atoms with E-state index in [0.29, 0.717) is 21.4 Å². The number of amides is 1. The van der Waals surface area contributed by atoms with Crippen molar-refractivity contribution >= 4 is 40.5 Å². The van der Waals surface area contributed by atoms with Crippen molar-refractivity contribution in [2.24, 2.45) is 0 Å². The molecule has 1 amide bonds. The molecular weight excluding hydrogens is 359 g/mol. The van der Waals surface area contributed by atoms with Gasteiger partial charge < -0.3 is 15.0 Å². The van der Waals surface area contributed by atoms with Crippen LogP contribution in [0, 0.1) is 0 Å². The lowest BCUT2D eigenvalue weighted by atomic mass is 10.1. The monoisotopic (exact) mass is 378 g/mol. The van der Waals surface area contributed by atoms with Crippen LogP contribution in [0.1, 0.15) is 29.6 Å². The van der Waals surface area contributed by atoms with E-state index in [1.54, 1.807) is 12.1 Å². The molecule has 0 atom stereocenters. The normalized spacial score (nSPS) is 14.3. The van der Waals surface area contributed by atoms with Gasteiger partial charge in [0, 0.05) is 18.7 Å². The van der Waals surface area contributed by atoms with Crippen LogP contribution in [-0.2, 0) is 0 Å². The SMILES string of the molecule is COc1c(Cl)cc(C(=O)Nc2ccccc2N2CCCCC2)cc1Cl. The maximum atomic E-state index is 12.7. The summed E-state index contributed by atoms with van der Waals surface area (Å²) in [5, 5.41) is 3.60. The Balaban J connectivity index is 1.84. The number of rotatable bonds is 4. The van der Waals surface area contributed by atoms with E-state index in [1.807, 2.05) is 24.3 Å². The molecule has 0 aliphatic carbocycles. The summed E-state index contributed by atoms with van der Waals surface area (Å²) < 4.78 is 5.12. The Bertz CT molecular complexity index is 751. The molecule has 1 saturated heterocycles. The summed E-state index contributed by atoms with van der Waals surface area (Å²) in [6, 6.07) is 11.0. The minimum absolute atomic E-state index is 0.254. The van der Waals surface area contributed by atoms with Gasteiger partial charge in [0.25, 0.3) is 5.91 Å². The molecule has 1 fully saturated rings. The third-order valence-corrected chi connectivity index (χ3v) is 4.88. The van der Waals surface area contributed by atoms with Crippen molar-refractivity contribution in [2.75, 3.05) is 30.4 Å². The standard InChI is InChI=1S/C19H20Cl2N2O2/c1-25-18-14(20)11-13(12-15(18)21)19(24)22-16-7-3-4-8-17(16)23-9-5-2-6-10-23/h3-4,7-8,11-12H,2,5-6,9-10H2,1H3,(H,22,24). The molecule has 1 heterocycles. The van der Waals surface area contributed by atoms with Gasteiger partial charge in [0.1, 0.15) is 0 Å². The average molecular weight is 379 g/mol. The van der Waals surface area contributed by atoms with Crippen LogP contribution >= 0.6 is 23.2 Å². The number of nitrogens with zero attached hydrogens (tertiary/aromatic N) is 1. The molecule has 4 nitrogen and oxygen atoms in total. The molecule has 0 saturated carbocycles. The van der Waals surface area contributed by atoms with Gasteiger partial charge in [0.2, 0.25) is 0 Å². The minimum atomic E-state index is -0.254. The number of hydrogen-bond donors (Lipinski definition) is 1. The number of ether oxygens (including phenoxy) is 1. The first-order valence-electron chi connectivity index (χ1n) is 8.28. The molecule has 132 valence electrons. The number of benzene rings is 2. The van der Waals surface area contributed by atoms with Crippen molar-refractivity contribution < 1.29 is 9.53 Å². The molecule has 2 aromatic rings. The number of carbonyl (C=O) groups excluding carboxylic acids is 1. The fraction of sp³-hybridized carbons (Fsp3) is 0.316. The van der Waals surface area contributed by atoms with E-state index in [2.05, 4.69) is 10.2 Å². The first kappa shape index (κ1) is 17.9. The highest BCUT2D eigenvalue weighted by Gasteiger charge is 2.18. The van der Waals surface area contributed by atoms with Crippen LogP contribution in [0.2, 0.25) is 10.0 Å². The molecule has 1 aliphatic rings. The molecule has 0 radical (unpaired) electrons. The van der Waals surface area contributed by atoms with Crippen molar-refractivity contribution in [1.82, 2.24) is 0 Å². The maximum absolute atomic E-state index is 12.7. The Kier molecular flexibility index (Phi) is 5.71. The van der Waals surface area contributed by atoms with E-state index < -0.39 is 0 Å². The zero-order valence-electron chi connectivity index (χ0n) is 14.0. The summed E-state index contributed by atoms with van der Waals surface area (Å²) in [5.41, 5.74) is 2.22. The summed E-state index contributed by atoms with van der Waals surface area (Å²) in [6.45, 7) is 2.01. The van der Waals surface area contributed by atoms with E-state index in [4.69, 9.17) is 27.9 Å². The van der Waals surface area contributed by atoms with Crippen LogP contribution in [0.5, 0.6) is 5.75 Å². The zero-order chi connectivity index (χ0) is 17.8. The first-order chi connectivity index (χ1) is 12.1. The van der Waals surface area contributed by atoms with E-state index in [1.165, 1.54) is 26.4 Å². The topological polar surface area (TPSA) is 41.6 Å². The highest BCUT2D eigenvalue weighted by Crippen LogP contribution is 2.34. The summed E-state index contributed by atoms with van der Waals surface area (Å²) in [7, 11) is 1.49. The average Bonchev–Trinajstić information content (AvgIpc) is 2.62. The first-order valence-corrected chi connectivity index (χ1v) is 9.04. The number of anilines is 2. The molecule has 1 N–H and O–H groups in total. The van der Waals surface area contributed by atoms with Crippen LogP contribution < -0.4 is 15.0 Å². The third kappa shape index (κ3) is 4.02. The van der Waals surface area contributed by atoms with Crippen molar-refractivity contribution in [3.05, 3.63) is 52.0 Å². The van der Waals surface area contributed by atoms with Crippen LogP contribution in [0.3, 0.4) is 0 Å². The largest absolute Gasteiger partial charge is 0.494 e. The Morgan fingerprint density at radius 2 is 1.72 bits per heavy atom. The van der Waals surface area contributed by atoms with Gasteiger partial charge in [-0.3, -0.25) is 4.79 Å². The van der Waals surface area contributed by atoms with Gasteiger partial charge in [0.05, 0.1) is 28.5 Å². The van der Waals surface area contributed by atoms with Gasteiger partial charge in [-0.25, -0.2) is 0 Å². The minimum Gasteiger partial charge on any atom is -0.494 e. The lowest BCUT2D eigenvalue weighted by Gasteiger charge is -2.30. The van der Waals surface area contributed by atoms with Crippen LogP contribution in [0.25, 0.3) is 0 Å². The third-order valence-electron chi connectivity index (χ3n) is 4.31. The smallest absolute Gasteiger partial charge is 0.255 e. The van der Waals surface area contributed by atoms with Gasteiger partial charge in [0.15, 0.2) is 5.75 Å². The molecule has 1 aliphatic heterocycles. The molecule has 0 spiro atoms. The molecule has 0 aromatic heterocycles. The van der Waals surface area contributed by atoms with Gasteiger partial charge in [-0.15, -0.1) is 0 Å². The van der Waals surface area contributed by atoms with Crippen molar-refractivity contribution in [3.8, 4) is 5.75 Å². The van der Waals surface area contributed by atoms with Crippen LogP contribution in [0.4, 0.5) is 11.4 Å². The van der Waals surface area contributed by atoms with Crippen LogP contribution in [-0.4, -0.2) is 26.1 Å². The molecular formula is C19H20Cl2N2O2. The Morgan fingerprint density at radius 3 is 2.36 bits per heavy atom. The number of methoxy groups -OCH3 is 1. The lowest BCUT2D eigenvalue weighted by Crippen LogP contribution is -2.30. The number of piperidine rings is 1. The van der Waals surface area contributed by atoms with E-state index in [0.717, 1.165) is 24.5 Å². The quantitative estimate of drug-likeness (QED) is 0.790. The molecule has 2 aromatic carbocycles. The van der Waals surface area contributed by atoms with Gasteiger partial charge in [-0.05, 0) is 43.5 Å². The number of carbonyl (C=O) groups is 1. The number of nitrogens with one attached hydrogen (secondary N) is 1. The summed E-state index contributed by atoms with van der Waals surface area (Å²) in [6.07, 6.45) is 3.60. The van der Waals surface area contributed by atoms with Crippen LogP contribution in [0.15, 0.2) is 36.4 Å².